The minimum Gasteiger partial charge on any atom is -0.277 e. The molecule has 0 radical (unpaired) electrons. The van der Waals surface area contributed by atoms with Crippen molar-refractivity contribution in [1.82, 2.24) is 15.3 Å². The van der Waals surface area contributed by atoms with Crippen LogP contribution in [0.5, 0.6) is 0 Å². The van der Waals surface area contributed by atoms with Gasteiger partial charge in [0.1, 0.15) is 0 Å². The number of carbonyl (C=O) groups is 1. The van der Waals surface area contributed by atoms with E-state index in [0.29, 0.717) is 5.69 Å². The zero-order valence-corrected chi connectivity index (χ0v) is 11.2. The number of rotatable bonds is 3. The molecule has 0 aliphatic heterocycles. The van der Waals surface area contributed by atoms with Crippen molar-refractivity contribution >= 4 is 5.91 Å². The van der Waals surface area contributed by atoms with E-state index in [2.05, 4.69) is 15.4 Å². The summed E-state index contributed by atoms with van der Waals surface area (Å²) in [6.45, 7) is 1.58. The van der Waals surface area contributed by atoms with Gasteiger partial charge in [0.05, 0.1) is 35.8 Å². The molecule has 5 nitrogen and oxygen atoms in total. The lowest BCUT2D eigenvalue weighted by Gasteiger charge is -2.10. The molecule has 8 heteroatoms. The van der Waals surface area contributed by atoms with Gasteiger partial charge in [-0.15, -0.1) is 0 Å². The van der Waals surface area contributed by atoms with E-state index in [-0.39, 0.29) is 11.3 Å². The molecule has 0 unspecified atom stereocenters. The highest BCUT2D eigenvalue weighted by atomic mass is 19.4. The molecule has 1 N–H and O–H groups in total. The normalized spacial score (nSPS) is 11.5. The number of amides is 1. The highest BCUT2D eigenvalue weighted by Gasteiger charge is 2.30. The van der Waals surface area contributed by atoms with Crippen LogP contribution in [0.4, 0.5) is 13.2 Å². The van der Waals surface area contributed by atoms with E-state index in [9.17, 15) is 18.0 Å². The summed E-state index contributed by atoms with van der Waals surface area (Å²) in [5.41, 5.74) is 2.20. The minimum absolute atomic E-state index is 0.217. The van der Waals surface area contributed by atoms with Crippen molar-refractivity contribution < 1.29 is 22.8 Å². The van der Waals surface area contributed by atoms with Crippen LogP contribution in [0.3, 0.4) is 0 Å². The van der Waals surface area contributed by atoms with E-state index in [0.717, 1.165) is 12.1 Å². The Morgan fingerprint density at radius 3 is 2.71 bits per heavy atom. The number of nitrogens with one attached hydrogen (secondary N) is 1. The first kappa shape index (κ1) is 15.0. The lowest BCUT2D eigenvalue weighted by molar-refractivity contribution is -0.137. The highest BCUT2D eigenvalue weighted by Crippen LogP contribution is 2.30. The number of aromatic nitrogens is 2. The van der Waals surface area contributed by atoms with Gasteiger partial charge in [0.2, 0.25) is 0 Å². The van der Waals surface area contributed by atoms with Crippen molar-refractivity contribution in [2.45, 2.75) is 13.1 Å². The summed E-state index contributed by atoms with van der Waals surface area (Å²) in [5, 5.41) is 3.95. The molecule has 112 valence electrons. The summed E-state index contributed by atoms with van der Waals surface area (Å²) < 4.78 is 39.4. The maximum absolute atomic E-state index is 12.7. The fraction of sp³-hybridized carbons (Fsp3) is 0.231. The maximum Gasteiger partial charge on any atom is 0.416 e. The number of hydroxylamine groups is 1. The van der Waals surface area contributed by atoms with Crippen LogP contribution in [0.1, 0.15) is 21.6 Å². The van der Waals surface area contributed by atoms with Gasteiger partial charge in [0, 0.05) is 0 Å². The molecule has 1 aromatic carbocycles. The largest absolute Gasteiger partial charge is 0.416 e. The van der Waals surface area contributed by atoms with Crippen molar-refractivity contribution in [2.24, 2.45) is 0 Å². The second kappa shape index (κ2) is 5.57. The quantitative estimate of drug-likeness (QED) is 0.886. The zero-order valence-electron chi connectivity index (χ0n) is 11.2. The minimum atomic E-state index is -4.44. The fourth-order valence-corrected chi connectivity index (χ4v) is 1.85. The third-order valence-corrected chi connectivity index (χ3v) is 2.87. The Balaban J connectivity index is 2.42. The molecular formula is C13H12F3N3O2. The van der Waals surface area contributed by atoms with Gasteiger partial charge in [-0.1, -0.05) is 6.07 Å². The van der Waals surface area contributed by atoms with Gasteiger partial charge in [0.25, 0.3) is 5.91 Å². The van der Waals surface area contributed by atoms with Gasteiger partial charge < -0.3 is 0 Å². The fourth-order valence-electron chi connectivity index (χ4n) is 1.85. The van der Waals surface area contributed by atoms with Crippen LogP contribution in [0, 0.1) is 6.92 Å². The number of benzene rings is 1. The van der Waals surface area contributed by atoms with Gasteiger partial charge in [0.15, 0.2) is 0 Å². The van der Waals surface area contributed by atoms with Gasteiger partial charge >= 0.3 is 6.18 Å². The average Bonchev–Trinajstić information content (AvgIpc) is 2.80. The molecule has 0 saturated heterocycles. The second-order valence-electron chi connectivity index (χ2n) is 4.24. The summed E-state index contributed by atoms with van der Waals surface area (Å²) in [5.74, 6) is -0.520. The van der Waals surface area contributed by atoms with Crippen LogP contribution in [0.2, 0.25) is 0 Å². The van der Waals surface area contributed by atoms with Crippen molar-refractivity contribution in [3.8, 4) is 5.69 Å². The Hall–Kier alpha value is -2.35. The number of hydrogen-bond donors (Lipinski definition) is 1. The molecule has 0 saturated carbocycles. The van der Waals surface area contributed by atoms with Crippen molar-refractivity contribution in [1.29, 1.82) is 0 Å². The smallest absolute Gasteiger partial charge is 0.277 e. The number of nitrogens with zero attached hydrogens (tertiary/aromatic N) is 2. The predicted octanol–water partition coefficient (Wildman–Crippen LogP) is 2.49. The van der Waals surface area contributed by atoms with Crippen molar-refractivity contribution in [2.75, 3.05) is 7.11 Å². The topological polar surface area (TPSA) is 56.1 Å². The molecule has 2 aromatic rings. The van der Waals surface area contributed by atoms with Crippen molar-refractivity contribution in [3.63, 3.8) is 0 Å². The Morgan fingerprint density at radius 2 is 2.10 bits per heavy atom. The Morgan fingerprint density at radius 1 is 1.38 bits per heavy atom. The third-order valence-electron chi connectivity index (χ3n) is 2.87. The first-order chi connectivity index (χ1) is 9.84. The van der Waals surface area contributed by atoms with E-state index in [1.807, 2.05) is 0 Å². The molecule has 0 bridgehead atoms. The van der Waals surface area contributed by atoms with Gasteiger partial charge in [-0.05, 0) is 25.1 Å². The Bertz CT molecular complexity index is 665. The van der Waals surface area contributed by atoms with Crippen LogP contribution in [-0.4, -0.2) is 22.8 Å². The second-order valence-corrected chi connectivity index (χ2v) is 4.24. The molecule has 1 heterocycles. The molecule has 0 fully saturated rings. The first-order valence-electron chi connectivity index (χ1n) is 5.90. The van der Waals surface area contributed by atoms with Gasteiger partial charge in [-0.3, -0.25) is 9.63 Å². The monoisotopic (exact) mass is 299 g/mol. The van der Waals surface area contributed by atoms with E-state index in [1.54, 1.807) is 6.92 Å². The van der Waals surface area contributed by atoms with E-state index < -0.39 is 17.6 Å². The van der Waals surface area contributed by atoms with E-state index in [4.69, 9.17) is 0 Å². The molecule has 0 spiro atoms. The first-order valence-corrected chi connectivity index (χ1v) is 5.90. The summed E-state index contributed by atoms with van der Waals surface area (Å²) >= 11 is 0. The van der Waals surface area contributed by atoms with E-state index in [1.165, 1.54) is 30.1 Å². The summed E-state index contributed by atoms with van der Waals surface area (Å²) in [7, 11) is 1.28. The van der Waals surface area contributed by atoms with Crippen LogP contribution < -0.4 is 5.48 Å². The number of alkyl halides is 3. The van der Waals surface area contributed by atoms with Crippen LogP contribution in [-0.2, 0) is 11.0 Å². The average molecular weight is 299 g/mol. The van der Waals surface area contributed by atoms with Crippen molar-refractivity contribution in [3.05, 3.63) is 47.3 Å². The lowest BCUT2D eigenvalue weighted by atomic mass is 10.2. The highest BCUT2D eigenvalue weighted by molar-refractivity contribution is 5.94. The van der Waals surface area contributed by atoms with Crippen LogP contribution in [0.15, 0.2) is 30.5 Å². The zero-order chi connectivity index (χ0) is 15.6. The number of hydrogen-bond acceptors (Lipinski definition) is 3. The number of carbonyl (C=O) groups excluding carboxylic acids is 1. The summed E-state index contributed by atoms with van der Waals surface area (Å²) in [6, 6.07) is 4.71. The number of halogens is 3. The molecule has 1 aromatic heterocycles. The maximum atomic E-state index is 12.7. The SMILES string of the molecule is CONC(=O)c1cnn(-c2cccc(C(F)(F)F)c2)c1C. The molecule has 1 amide bonds. The van der Waals surface area contributed by atoms with E-state index >= 15 is 0 Å². The molecular weight excluding hydrogens is 287 g/mol. The standard InChI is InChI=1S/C13H12F3N3O2/c1-8-11(12(20)18-21-2)7-17-19(8)10-5-3-4-9(6-10)13(14,15)16/h3-7H,1-2H3,(H,18,20). The summed E-state index contributed by atoms with van der Waals surface area (Å²) in [6.07, 6.45) is -3.17. The molecule has 0 aliphatic rings. The summed E-state index contributed by atoms with van der Waals surface area (Å²) in [4.78, 5) is 16.2. The third kappa shape index (κ3) is 3.05. The Kier molecular flexibility index (Phi) is 3.99. The Labute approximate surface area is 118 Å². The predicted molar refractivity (Wildman–Crippen MR) is 67.8 cm³/mol. The van der Waals surface area contributed by atoms with Gasteiger partial charge in [-0.2, -0.15) is 18.3 Å². The lowest BCUT2D eigenvalue weighted by Crippen LogP contribution is -2.22. The van der Waals surface area contributed by atoms with Crippen LogP contribution >= 0.6 is 0 Å². The van der Waals surface area contributed by atoms with Gasteiger partial charge in [-0.25, -0.2) is 10.2 Å². The van der Waals surface area contributed by atoms with Crippen LogP contribution in [0.25, 0.3) is 5.69 Å². The molecule has 21 heavy (non-hydrogen) atoms. The molecule has 0 aliphatic carbocycles. The molecule has 0 atom stereocenters. The molecule has 2 rings (SSSR count).